The summed E-state index contributed by atoms with van der Waals surface area (Å²) in [5.41, 5.74) is -2.00. The van der Waals surface area contributed by atoms with Crippen LogP contribution in [0.4, 0.5) is 0 Å². The molecule has 9 heteroatoms. The summed E-state index contributed by atoms with van der Waals surface area (Å²) >= 11 is 0. The Morgan fingerprint density at radius 2 is 0.321 bits per heavy atom. The molecule has 3 N–H and O–H groups in total. The summed E-state index contributed by atoms with van der Waals surface area (Å²) in [6.07, 6.45) is 102. The molecule has 0 aromatic heterocycles. The van der Waals surface area contributed by atoms with Gasteiger partial charge >= 0.3 is 0 Å². The van der Waals surface area contributed by atoms with Crippen molar-refractivity contribution in [2.75, 3.05) is 78.5 Å². The van der Waals surface area contributed by atoms with Crippen LogP contribution in [0.25, 0.3) is 0 Å². The van der Waals surface area contributed by atoms with Gasteiger partial charge in [-0.15, -0.1) is 0 Å². The van der Waals surface area contributed by atoms with Crippen LogP contribution in [0.3, 0.4) is 0 Å². The van der Waals surface area contributed by atoms with Gasteiger partial charge in [0.1, 0.15) is 0 Å². The van der Waals surface area contributed by atoms with Crippen LogP contribution in [0, 0.1) is 22.2 Å². The first-order valence-electron chi connectivity index (χ1n) is 52.2. The Morgan fingerprint density at radius 3 is 0.464 bits per heavy atom. The zero-order valence-corrected chi connectivity index (χ0v) is 77.3. The van der Waals surface area contributed by atoms with E-state index in [1.165, 1.54) is 483 Å². The first-order chi connectivity index (χ1) is 55.1. The van der Waals surface area contributed by atoms with Crippen molar-refractivity contribution in [3.05, 3.63) is 0 Å². The van der Waals surface area contributed by atoms with Crippen molar-refractivity contribution in [3.8, 4) is 0 Å². The number of carbonyl (C=O) groups is 3. The highest BCUT2D eigenvalue weighted by Gasteiger charge is 2.69. The van der Waals surface area contributed by atoms with Crippen molar-refractivity contribution >= 4 is 17.7 Å². The maximum absolute atomic E-state index is 15.1. The number of hydrogen-bond acceptors (Lipinski definition) is 6. The van der Waals surface area contributed by atoms with E-state index in [0.29, 0.717) is 38.9 Å². The van der Waals surface area contributed by atoms with Crippen LogP contribution in [0.2, 0.25) is 0 Å². The Morgan fingerprint density at radius 1 is 0.196 bits per heavy atom. The maximum Gasteiger partial charge on any atom is 0.226 e. The second kappa shape index (κ2) is 75.5. The lowest BCUT2D eigenvalue weighted by Crippen LogP contribution is -2.67. The van der Waals surface area contributed by atoms with Gasteiger partial charge in [-0.2, -0.15) is 0 Å². The molecule has 0 unspecified atom stereocenters. The highest BCUT2D eigenvalue weighted by Crippen LogP contribution is 2.70. The lowest BCUT2D eigenvalue weighted by Gasteiger charge is -2.64. The van der Waals surface area contributed by atoms with Gasteiger partial charge in [-0.25, -0.2) is 0 Å². The Kier molecular flexibility index (Phi) is 70.4. The van der Waals surface area contributed by atoms with E-state index in [9.17, 15) is 0 Å². The first-order valence-corrected chi connectivity index (χ1v) is 52.2. The molecule has 0 aromatic carbocycles. The molecule has 0 saturated heterocycles. The molecule has 4 rings (SSSR count). The van der Waals surface area contributed by atoms with Crippen molar-refractivity contribution in [2.24, 2.45) is 22.2 Å². The van der Waals surface area contributed by atoms with E-state index in [4.69, 9.17) is 0 Å². The van der Waals surface area contributed by atoms with E-state index < -0.39 is 16.2 Å². The van der Waals surface area contributed by atoms with E-state index in [1.54, 1.807) is 0 Å². The highest BCUT2D eigenvalue weighted by molar-refractivity contribution is 5.92. The van der Waals surface area contributed by atoms with Crippen LogP contribution < -0.4 is 16.0 Å². The fourth-order valence-electron chi connectivity index (χ4n) is 20.8. The van der Waals surface area contributed by atoms with Crippen molar-refractivity contribution in [3.63, 3.8) is 0 Å². The molecule has 9 nitrogen and oxygen atoms in total. The van der Waals surface area contributed by atoms with E-state index in [2.05, 4.69) is 72.2 Å². The predicted molar refractivity (Wildman–Crippen MR) is 493 cm³/mol. The van der Waals surface area contributed by atoms with Crippen LogP contribution in [-0.4, -0.2) is 111 Å². The van der Waals surface area contributed by atoms with Crippen molar-refractivity contribution < 1.29 is 14.4 Å². The molecule has 0 spiro atoms. The van der Waals surface area contributed by atoms with Gasteiger partial charge < -0.3 is 30.7 Å². The van der Waals surface area contributed by atoms with E-state index in [1.807, 2.05) is 0 Å². The number of amides is 3. The summed E-state index contributed by atoms with van der Waals surface area (Å²) < 4.78 is 0. The van der Waals surface area contributed by atoms with Crippen LogP contribution in [-0.2, 0) is 14.4 Å². The summed E-state index contributed by atoms with van der Waals surface area (Å²) in [5, 5.41) is 10.6. The molecule has 0 aromatic rings. The van der Waals surface area contributed by atoms with E-state index >= 15 is 14.4 Å². The fourth-order valence-corrected chi connectivity index (χ4v) is 20.8. The molecule has 112 heavy (non-hydrogen) atoms. The Balaban J connectivity index is 1.62. The second-order valence-electron chi connectivity index (χ2n) is 38.5. The van der Waals surface area contributed by atoms with Crippen molar-refractivity contribution in [1.82, 2.24) is 30.7 Å². The van der Waals surface area contributed by atoms with E-state index in [0.717, 1.165) is 57.8 Å². The molecule has 0 radical (unpaired) electrons. The summed E-state index contributed by atoms with van der Waals surface area (Å²) in [4.78, 5) is 53.7. The number of hydrogen-bond donors (Lipinski definition) is 3. The second-order valence-corrected chi connectivity index (χ2v) is 38.5. The van der Waals surface area contributed by atoms with Gasteiger partial charge in [0, 0.05) is 19.6 Å². The SMILES string of the molecule is CCCCCCCCCCCCN(CCCCCCCCCCCC)CCCCCCNC(=O)C12CC3CC(C(=O)NCCCCCCN(CCCCCCCCCCCC)CCCCCCCCCCCC)(C1)CC(C(=O)NCCCCCCN(CCCCCCCCCCCC)CCCCCCCCCCCC)(C3)C2. The minimum atomic E-state index is -0.668. The smallest absolute Gasteiger partial charge is 0.226 e. The van der Waals surface area contributed by atoms with Crippen LogP contribution in [0.15, 0.2) is 0 Å². The maximum atomic E-state index is 15.1. The third-order valence-electron chi connectivity index (χ3n) is 27.5. The molecular weight excluding hydrogens is 1370 g/mol. The zero-order valence-electron chi connectivity index (χ0n) is 77.3. The zero-order chi connectivity index (χ0) is 80.3. The van der Waals surface area contributed by atoms with Gasteiger partial charge in [-0.1, -0.05) is 427 Å². The third kappa shape index (κ3) is 54.5. The number of carbonyl (C=O) groups excluding carboxylic acids is 3. The molecule has 4 aliphatic rings. The molecule has 0 aliphatic heterocycles. The average molecular weight is 1570 g/mol. The molecule has 4 saturated carbocycles. The lowest BCUT2D eigenvalue weighted by molar-refractivity contribution is -0.188. The summed E-state index contributed by atoms with van der Waals surface area (Å²) in [7, 11) is 0. The fraction of sp³-hybridized carbons (Fsp3) is 0.971. The standard InChI is InChI=1S/C103H202N6O3/c1-7-13-19-25-31-37-43-49-58-70-82-107(83-71-59-50-44-38-32-26-20-14-8-2)88-76-64-55-67-79-104-98(110)101-91-97-92-102(94-101,99(111)105-80-68-56-65-77-89-108(84-72-60-51-45-39-33-27-21-15-9-3)85-73-61-52-46-40-34-28-22-16-10-4)96-103(93-97,95-101)100(112)106-81-69-57-66-78-90-109(86-74-62-53-47-41-35-29-23-17-11-5)87-75-63-54-48-42-36-30-24-18-12-6/h97H,7-96H2,1-6H3,(H,104,110)(H,105,111)(H,106,112). The highest BCUT2D eigenvalue weighted by atomic mass is 16.2. The minimum Gasteiger partial charge on any atom is -0.356 e. The van der Waals surface area contributed by atoms with Crippen molar-refractivity contribution in [1.29, 1.82) is 0 Å². The summed E-state index contributed by atoms with van der Waals surface area (Å²) in [5.74, 6) is 0.622. The van der Waals surface area contributed by atoms with Crippen LogP contribution >= 0.6 is 0 Å². The van der Waals surface area contributed by atoms with Crippen LogP contribution in [0.5, 0.6) is 0 Å². The van der Waals surface area contributed by atoms with Gasteiger partial charge in [0.05, 0.1) is 16.2 Å². The summed E-state index contributed by atoms with van der Waals surface area (Å²) in [6, 6.07) is 0. The van der Waals surface area contributed by atoms with Gasteiger partial charge in [0.2, 0.25) is 17.7 Å². The monoisotopic (exact) mass is 1570 g/mol. The van der Waals surface area contributed by atoms with Gasteiger partial charge in [-0.3, -0.25) is 14.4 Å². The Bertz CT molecular complexity index is 1750. The molecule has 4 bridgehead atoms. The number of nitrogens with one attached hydrogen (secondary N) is 3. The topological polar surface area (TPSA) is 97.0 Å². The molecule has 0 atom stereocenters. The molecule has 4 fully saturated rings. The number of unbranched alkanes of at least 4 members (excludes halogenated alkanes) is 63. The van der Waals surface area contributed by atoms with Crippen molar-refractivity contribution in [2.45, 2.75) is 542 Å². The Hall–Kier alpha value is -1.71. The quantitative estimate of drug-likeness (QED) is 0.0525. The van der Waals surface area contributed by atoms with Gasteiger partial charge in [0.25, 0.3) is 0 Å². The van der Waals surface area contributed by atoms with E-state index in [-0.39, 0.29) is 23.6 Å². The summed E-state index contributed by atoms with van der Waals surface area (Å²) in [6.45, 7) is 27.1. The Labute approximate surface area is 701 Å². The van der Waals surface area contributed by atoms with Gasteiger partial charge in [-0.05, 0) is 180 Å². The predicted octanol–water partition coefficient (Wildman–Crippen LogP) is 30.4. The molecule has 662 valence electrons. The lowest BCUT2D eigenvalue weighted by atomic mass is 9.39. The number of rotatable bonds is 90. The average Bonchev–Trinajstić information content (AvgIpc) is 0.691. The molecular formula is C103H202N6O3. The largest absolute Gasteiger partial charge is 0.356 e. The molecule has 3 amide bonds. The third-order valence-corrected chi connectivity index (χ3v) is 27.5. The normalized spacial score (nSPS) is 18.0. The minimum absolute atomic E-state index is 0.135. The first kappa shape index (κ1) is 104. The van der Waals surface area contributed by atoms with Gasteiger partial charge in [0.15, 0.2) is 0 Å². The number of nitrogens with zero attached hydrogens (tertiary/aromatic N) is 3. The molecule has 4 aliphatic carbocycles. The molecule has 0 heterocycles. The van der Waals surface area contributed by atoms with Crippen LogP contribution in [0.1, 0.15) is 542 Å².